The second kappa shape index (κ2) is 4.74. The van der Waals surface area contributed by atoms with E-state index in [9.17, 15) is 0 Å². The van der Waals surface area contributed by atoms with Crippen molar-refractivity contribution in [1.29, 1.82) is 0 Å². The van der Waals surface area contributed by atoms with Crippen molar-refractivity contribution in [1.82, 2.24) is 9.97 Å². The molecule has 1 unspecified atom stereocenters. The number of halogens is 2. The van der Waals surface area contributed by atoms with Crippen LogP contribution in [-0.4, -0.2) is 27.7 Å². The lowest BCUT2D eigenvalue weighted by molar-refractivity contribution is 0.281. The van der Waals surface area contributed by atoms with Crippen LogP contribution in [0.25, 0.3) is 0 Å². The Hall–Kier alpha value is -0.390. The number of nitrogens with zero attached hydrogens (tertiary/aromatic N) is 2. The Morgan fingerprint density at radius 1 is 1.69 bits per heavy atom. The topological polar surface area (TPSA) is 58.0 Å². The first-order chi connectivity index (χ1) is 6.15. The van der Waals surface area contributed by atoms with Gasteiger partial charge in [-0.2, -0.15) is 0 Å². The molecule has 0 saturated carbocycles. The predicted octanol–water partition coefficient (Wildman–Crippen LogP) is 1.69. The maximum Gasteiger partial charge on any atom is 0.148 e. The molecule has 4 nitrogen and oxygen atoms in total. The van der Waals surface area contributed by atoms with Gasteiger partial charge in [0.2, 0.25) is 0 Å². The normalized spacial score (nSPS) is 12.6. The number of aromatic nitrogens is 2. The molecule has 0 spiro atoms. The third-order valence-electron chi connectivity index (χ3n) is 1.40. The van der Waals surface area contributed by atoms with Gasteiger partial charge >= 0.3 is 0 Å². The van der Waals surface area contributed by atoms with Crippen molar-refractivity contribution >= 4 is 33.3 Å². The van der Waals surface area contributed by atoms with Crippen molar-refractivity contribution in [2.75, 3.05) is 11.9 Å². The van der Waals surface area contributed by atoms with Gasteiger partial charge < -0.3 is 10.4 Å². The van der Waals surface area contributed by atoms with Gasteiger partial charge in [0.1, 0.15) is 17.3 Å². The Bertz CT molecular complexity index is 297. The molecule has 1 heterocycles. The minimum atomic E-state index is -0.0673. The van der Waals surface area contributed by atoms with Crippen LogP contribution >= 0.6 is 27.5 Å². The molecule has 1 aromatic rings. The molecule has 13 heavy (non-hydrogen) atoms. The van der Waals surface area contributed by atoms with Crippen LogP contribution < -0.4 is 5.32 Å². The molecule has 0 aliphatic heterocycles. The van der Waals surface area contributed by atoms with Crippen molar-refractivity contribution in [2.45, 2.75) is 13.0 Å². The zero-order valence-corrected chi connectivity index (χ0v) is 9.30. The third kappa shape index (κ3) is 2.79. The molecule has 0 aliphatic rings. The van der Waals surface area contributed by atoms with Crippen molar-refractivity contribution in [3.8, 4) is 0 Å². The maximum atomic E-state index is 8.80. The summed E-state index contributed by atoms with van der Waals surface area (Å²) in [7, 11) is 0. The number of hydrogen-bond donors (Lipinski definition) is 2. The molecule has 0 radical (unpaired) electrons. The molecule has 0 bridgehead atoms. The van der Waals surface area contributed by atoms with Crippen molar-refractivity contribution < 1.29 is 5.11 Å². The summed E-state index contributed by atoms with van der Waals surface area (Å²) < 4.78 is 0.608. The van der Waals surface area contributed by atoms with Crippen LogP contribution in [0.3, 0.4) is 0 Å². The molecule has 6 heteroatoms. The van der Waals surface area contributed by atoms with E-state index in [1.54, 1.807) is 0 Å². The van der Waals surface area contributed by atoms with E-state index >= 15 is 0 Å². The fourth-order valence-electron chi connectivity index (χ4n) is 0.728. The minimum Gasteiger partial charge on any atom is -0.394 e. The molecule has 2 N–H and O–H groups in total. The molecule has 0 amide bonds. The molecule has 1 aromatic heterocycles. The molecule has 0 saturated heterocycles. The summed E-state index contributed by atoms with van der Waals surface area (Å²) >= 11 is 8.98. The lowest BCUT2D eigenvalue weighted by Gasteiger charge is -2.12. The van der Waals surface area contributed by atoms with E-state index in [-0.39, 0.29) is 12.6 Å². The van der Waals surface area contributed by atoms with Crippen LogP contribution in [0.2, 0.25) is 5.15 Å². The summed E-state index contributed by atoms with van der Waals surface area (Å²) in [6, 6.07) is -0.0673. The molecule has 0 aliphatic carbocycles. The van der Waals surface area contributed by atoms with E-state index in [2.05, 4.69) is 31.2 Å². The van der Waals surface area contributed by atoms with Crippen LogP contribution in [0.4, 0.5) is 5.82 Å². The lowest BCUT2D eigenvalue weighted by atomic mass is 10.3. The second-order valence-electron chi connectivity index (χ2n) is 2.56. The fourth-order valence-corrected chi connectivity index (χ4v) is 1.18. The Morgan fingerprint density at radius 3 is 3.00 bits per heavy atom. The van der Waals surface area contributed by atoms with Crippen molar-refractivity contribution in [3.63, 3.8) is 0 Å². The highest BCUT2D eigenvalue weighted by Crippen LogP contribution is 2.26. The van der Waals surface area contributed by atoms with Crippen molar-refractivity contribution in [2.24, 2.45) is 0 Å². The molecule has 72 valence electrons. The highest BCUT2D eigenvalue weighted by molar-refractivity contribution is 9.10. The summed E-state index contributed by atoms with van der Waals surface area (Å²) in [6.45, 7) is 1.87. The summed E-state index contributed by atoms with van der Waals surface area (Å²) in [6.07, 6.45) is 1.36. The second-order valence-corrected chi connectivity index (χ2v) is 3.71. The highest BCUT2D eigenvalue weighted by Gasteiger charge is 2.08. The van der Waals surface area contributed by atoms with Crippen LogP contribution in [-0.2, 0) is 0 Å². The van der Waals surface area contributed by atoms with E-state index in [1.165, 1.54) is 6.33 Å². The molecular formula is C7H9BrClN3O. The maximum absolute atomic E-state index is 8.80. The van der Waals surface area contributed by atoms with Crippen LogP contribution in [0.1, 0.15) is 6.92 Å². The van der Waals surface area contributed by atoms with Crippen molar-refractivity contribution in [3.05, 3.63) is 16.0 Å². The quantitative estimate of drug-likeness (QED) is 0.818. The van der Waals surface area contributed by atoms with Crippen LogP contribution in [0.15, 0.2) is 10.8 Å². The number of anilines is 1. The van der Waals surface area contributed by atoms with Gasteiger partial charge in [0.05, 0.1) is 11.1 Å². The number of aliphatic hydroxyl groups is 1. The molecule has 1 atom stereocenters. The largest absolute Gasteiger partial charge is 0.394 e. The minimum absolute atomic E-state index is 0.0358. The van der Waals surface area contributed by atoms with E-state index in [1.807, 2.05) is 6.92 Å². The third-order valence-corrected chi connectivity index (χ3v) is 2.67. The smallest absolute Gasteiger partial charge is 0.148 e. The van der Waals surface area contributed by atoms with E-state index in [0.29, 0.717) is 15.4 Å². The number of nitrogens with one attached hydrogen (secondary N) is 1. The number of aliphatic hydroxyl groups excluding tert-OH is 1. The van der Waals surface area contributed by atoms with Gasteiger partial charge in [-0.05, 0) is 22.9 Å². The molecule has 0 aromatic carbocycles. The SMILES string of the molecule is CC(CO)Nc1ncnc(Cl)c1Br. The standard InChI is InChI=1S/C7H9BrClN3O/c1-4(2-13)12-7-5(8)6(9)10-3-11-7/h3-4,13H,2H2,1H3,(H,10,11,12). The predicted molar refractivity (Wildman–Crippen MR) is 54.9 cm³/mol. The highest BCUT2D eigenvalue weighted by atomic mass is 79.9. The Morgan fingerprint density at radius 2 is 2.38 bits per heavy atom. The zero-order chi connectivity index (χ0) is 9.84. The number of hydrogen-bond acceptors (Lipinski definition) is 4. The first kappa shape index (κ1) is 10.7. The average Bonchev–Trinajstić information content (AvgIpc) is 2.13. The van der Waals surface area contributed by atoms with Gasteiger partial charge in [0, 0.05) is 6.04 Å². The number of rotatable bonds is 3. The summed E-state index contributed by atoms with van der Waals surface area (Å²) in [5, 5.41) is 12.1. The molecule has 1 rings (SSSR count). The van der Waals surface area contributed by atoms with Gasteiger partial charge in [-0.3, -0.25) is 0 Å². The monoisotopic (exact) mass is 265 g/mol. The van der Waals surface area contributed by atoms with Gasteiger partial charge in [0.15, 0.2) is 0 Å². The first-order valence-electron chi connectivity index (χ1n) is 3.68. The van der Waals surface area contributed by atoms with E-state index in [4.69, 9.17) is 16.7 Å². The fraction of sp³-hybridized carbons (Fsp3) is 0.429. The Balaban J connectivity index is 2.83. The lowest BCUT2D eigenvalue weighted by Crippen LogP contribution is -2.20. The average molecular weight is 267 g/mol. The van der Waals surface area contributed by atoms with Gasteiger partial charge in [-0.1, -0.05) is 11.6 Å². The summed E-state index contributed by atoms with van der Waals surface area (Å²) in [5.74, 6) is 0.585. The summed E-state index contributed by atoms with van der Waals surface area (Å²) in [5.41, 5.74) is 0. The van der Waals surface area contributed by atoms with Gasteiger partial charge in [0.25, 0.3) is 0 Å². The van der Waals surface area contributed by atoms with Gasteiger partial charge in [-0.25, -0.2) is 9.97 Å². The van der Waals surface area contributed by atoms with E-state index in [0.717, 1.165) is 0 Å². The molecule has 0 fully saturated rings. The molecular weight excluding hydrogens is 257 g/mol. The first-order valence-corrected chi connectivity index (χ1v) is 4.85. The Labute approximate surface area is 89.5 Å². The van der Waals surface area contributed by atoms with Crippen LogP contribution in [0, 0.1) is 0 Å². The van der Waals surface area contributed by atoms with E-state index < -0.39 is 0 Å². The van der Waals surface area contributed by atoms with Gasteiger partial charge in [-0.15, -0.1) is 0 Å². The Kier molecular flexibility index (Phi) is 3.90. The van der Waals surface area contributed by atoms with Crippen LogP contribution in [0.5, 0.6) is 0 Å². The zero-order valence-electron chi connectivity index (χ0n) is 6.96. The summed E-state index contributed by atoms with van der Waals surface area (Å²) in [4.78, 5) is 7.74.